The van der Waals surface area contributed by atoms with Crippen molar-refractivity contribution in [1.82, 2.24) is 10.2 Å². The molecule has 2 aliphatic heterocycles. The predicted molar refractivity (Wildman–Crippen MR) is 91.2 cm³/mol. The number of sulfone groups is 1. The zero-order chi connectivity index (χ0) is 15.0. The van der Waals surface area contributed by atoms with Gasteiger partial charge >= 0.3 is 0 Å². The fourth-order valence-electron chi connectivity index (χ4n) is 3.65. The van der Waals surface area contributed by atoms with Gasteiger partial charge in [-0.2, -0.15) is 0 Å². The van der Waals surface area contributed by atoms with Gasteiger partial charge in [-0.25, -0.2) is 8.42 Å². The first kappa shape index (κ1) is 17.7. The van der Waals surface area contributed by atoms with Gasteiger partial charge < -0.3 is 5.32 Å². The minimum absolute atomic E-state index is 0. The van der Waals surface area contributed by atoms with Crippen LogP contribution in [0.3, 0.4) is 0 Å². The molecule has 124 valence electrons. The van der Waals surface area contributed by atoms with Crippen LogP contribution in [0, 0.1) is 0 Å². The van der Waals surface area contributed by atoms with Crippen molar-refractivity contribution in [3.63, 3.8) is 0 Å². The van der Waals surface area contributed by atoms with Gasteiger partial charge in [0, 0.05) is 30.9 Å². The Morgan fingerprint density at radius 2 is 1.68 bits per heavy atom. The molecule has 1 aromatic rings. The molecule has 1 N–H and O–H groups in total. The number of hydrogen-bond donors (Lipinski definition) is 1. The van der Waals surface area contributed by atoms with E-state index in [2.05, 4.69) is 17.3 Å². The maximum absolute atomic E-state index is 11.5. The number of rotatable bonds is 4. The van der Waals surface area contributed by atoms with E-state index in [1.54, 1.807) is 12.1 Å². The van der Waals surface area contributed by atoms with Gasteiger partial charge in [0.25, 0.3) is 0 Å². The van der Waals surface area contributed by atoms with E-state index in [1.165, 1.54) is 37.5 Å². The summed E-state index contributed by atoms with van der Waals surface area (Å²) in [6, 6.07) is 9.33. The zero-order valence-electron chi connectivity index (χ0n) is 13.2. The molecule has 0 aliphatic carbocycles. The Morgan fingerprint density at radius 1 is 1.14 bits per heavy atom. The number of nitrogens with one attached hydrogen (secondary N) is 1. The third-order valence-electron chi connectivity index (χ3n) is 4.86. The molecule has 0 aromatic heterocycles. The Balaban J connectivity index is 0.00000176. The first-order valence-corrected chi connectivity index (χ1v) is 9.56. The van der Waals surface area contributed by atoms with Crippen LogP contribution in [0.4, 0.5) is 0 Å². The van der Waals surface area contributed by atoms with Crippen molar-refractivity contribution in [2.45, 2.75) is 55.2 Å². The fourth-order valence-corrected chi connectivity index (χ4v) is 4.28. The van der Waals surface area contributed by atoms with Gasteiger partial charge in [0.05, 0.1) is 4.90 Å². The summed E-state index contributed by atoms with van der Waals surface area (Å²) < 4.78 is 23.0. The Kier molecular flexibility index (Phi) is 5.54. The number of piperidine rings is 1. The van der Waals surface area contributed by atoms with Crippen molar-refractivity contribution in [2.75, 3.05) is 13.3 Å². The minimum Gasteiger partial charge on any atom is -0.311 e. The molecular weight excluding hydrogens is 320 g/mol. The lowest BCUT2D eigenvalue weighted by Gasteiger charge is -2.35. The van der Waals surface area contributed by atoms with Crippen molar-refractivity contribution in [2.24, 2.45) is 0 Å². The van der Waals surface area contributed by atoms with Crippen LogP contribution in [-0.4, -0.2) is 44.7 Å². The zero-order valence-corrected chi connectivity index (χ0v) is 14.8. The quantitative estimate of drug-likeness (QED) is 0.910. The highest BCUT2D eigenvalue weighted by molar-refractivity contribution is 7.90. The Morgan fingerprint density at radius 3 is 2.18 bits per heavy atom. The van der Waals surface area contributed by atoms with E-state index in [9.17, 15) is 8.42 Å². The molecule has 0 radical (unpaired) electrons. The summed E-state index contributed by atoms with van der Waals surface area (Å²) in [5, 5.41) is 3.67. The van der Waals surface area contributed by atoms with Crippen LogP contribution < -0.4 is 5.32 Å². The van der Waals surface area contributed by atoms with E-state index >= 15 is 0 Å². The maximum Gasteiger partial charge on any atom is 0.175 e. The molecule has 3 rings (SSSR count). The molecule has 0 spiro atoms. The van der Waals surface area contributed by atoms with Gasteiger partial charge in [0.15, 0.2) is 9.84 Å². The van der Waals surface area contributed by atoms with Gasteiger partial charge in [-0.05, 0) is 50.4 Å². The molecule has 2 aliphatic rings. The van der Waals surface area contributed by atoms with Crippen molar-refractivity contribution in [3.05, 3.63) is 29.8 Å². The van der Waals surface area contributed by atoms with Crippen LogP contribution in [0.5, 0.6) is 0 Å². The van der Waals surface area contributed by atoms with Crippen molar-refractivity contribution < 1.29 is 8.42 Å². The summed E-state index contributed by atoms with van der Waals surface area (Å²) in [5.41, 5.74) is 1.18. The summed E-state index contributed by atoms with van der Waals surface area (Å²) in [4.78, 5) is 2.82. The third-order valence-corrected chi connectivity index (χ3v) is 5.98. The van der Waals surface area contributed by atoms with E-state index in [0.29, 0.717) is 23.0 Å². The standard InChI is InChI=1S/C16H24N2O2S.ClH/c1-18(15-9-13-5-6-14(10-15)17-13)11-12-3-7-16(8-4-12)21(2,19)20;/h3-4,7-8,13-15,17H,5-6,9-11H2,1-2H3;1H. The molecule has 1 aromatic carbocycles. The van der Waals surface area contributed by atoms with Crippen molar-refractivity contribution in [1.29, 1.82) is 0 Å². The number of benzene rings is 1. The van der Waals surface area contributed by atoms with E-state index in [0.717, 1.165) is 6.54 Å². The number of nitrogens with zero attached hydrogens (tertiary/aromatic N) is 1. The highest BCUT2D eigenvalue weighted by atomic mass is 35.5. The lowest BCUT2D eigenvalue weighted by molar-refractivity contribution is 0.166. The Hall–Kier alpha value is -0.620. The summed E-state index contributed by atoms with van der Waals surface area (Å²) >= 11 is 0. The Labute approximate surface area is 139 Å². The van der Waals surface area contributed by atoms with E-state index in [-0.39, 0.29) is 12.4 Å². The largest absolute Gasteiger partial charge is 0.311 e. The lowest BCUT2D eigenvalue weighted by Crippen LogP contribution is -2.46. The first-order valence-electron chi connectivity index (χ1n) is 7.67. The number of halogens is 1. The normalized spacial score (nSPS) is 27.7. The average molecular weight is 345 g/mol. The molecule has 0 saturated carbocycles. The molecule has 4 nitrogen and oxygen atoms in total. The van der Waals surface area contributed by atoms with Gasteiger partial charge in [0.2, 0.25) is 0 Å². The average Bonchev–Trinajstić information content (AvgIpc) is 2.77. The minimum atomic E-state index is -3.10. The van der Waals surface area contributed by atoms with Crippen LogP contribution in [0.1, 0.15) is 31.2 Å². The van der Waals surface area contributed by atoms with Gasteiger partial charge in [0.1, 0.15) is 0 Å². The van der Waals surface area contributed by atoms with Crippen molar-refractivity contribution in [3.8, 4) is 0 Å². The smallest absolute Gasteiger partial charge is 0.175 e. The summed E-state index contributed by atoms with van der Waals surface area (Å²) in [5.74, 6) is 0. The molecule has 6 heteroatoms. The molecular formula is C16H25ClN2O2S. The monoisotopic (exact) mass is 344 g/mol. The van der Waals surface area contributed by atoms with Crippen LogP contribution in [-0.2, 0) is 16.4 Å². The van der Waals surface area contributed by atoms with Crippen LogP contribution in [0.2, 0.25) is 0 Å². The Bertz CT molecular complexity index is 591. The molecule has 22 heavy (non-hydrogen) atoms. The highest BCUT2D eigenvalue weighted by Gasteiger charge is 2.34. The highest BCUT2D eigenvalue weighted by Crippen LogP contribution is 2.29. The maximum atomic E-state index is 11.5. The van der Waals surface area contributed by atoms with Gasteiger partial charge in [-0.1, -0.05) is 12.1 Å². The summed E-state index contributed by atoms with van der Waals surface area (Å²) in [6.45, 7) is 0.883. The number of hydrogen-bond acceptors (Lipinski definition) is 4. The summed E-state index contributed by atoms with van der Waals surface area (Å²) in [6.07, 6.45) is 6.35. The second-order valence-electron chi connectivity index (χ2n) is 6.59. The van der Waals surface area contributed by atoms with Crippen LogP contribution in [0.15, 0.2) is 29.2 Å². The number of fused-ring (bicyclic) bond motifs is 2. The van der Waals surface area contributed by atoms with E-state index < -0.39 is 9.84 Å². The second-order valence-corrected chi connectivity index (χ2v) is 8.61. The van der Waals surface area contributed by atoms with Crippen molar-refractivity contribution >= 4 is 22.2 Å². The molecule has 0 amide bonds. The molecule has 2 fully saturated rings. The molecule has 2 unspecified atom stereocenters. The van der Waals surface area contributed by atoms with E-state index in [1.807, 2.05) is 12.1 Å². The third kappa shape index (κ3) is 4.02. The molecule has 2 atom stereocenters. The lowest BCUT2D eigenvalue weighted by atomic mass is 9.98. The SMILES string of the molecule is CN(Cc1ccc(S(C)(=O)=O)cc1)C1CC2CCC(C1)N2.Cl. The fraction of sp³-hybridized carbons (Fsp3) is 0.625. The van der Waals surface area contributed by atoms with E-state index in [4.69, 9.17) is 0 Å². The van der Waals surface area contributed by atoms with Crippen LogP contribution >= 0.6 is 12.4 Å². The molecule has 2 bridgehead atoms. The van der Waals surface area contributed by atoms with Crippen LogP contribution in [0.25, 0.3) is 0 Å². The molecule has 2 heterocycles. The van der Waals surface area contributed by atoms with Gasteiger partial charge in [-0.3, -0.25) is 4.90 Å². The first-order chi connectivity index (χ1) is 9.91. The topological polar surface area (TPSA) is 49.4 Å². The second kappa shape index (κ2) is 6.87. The summed E-state index contributed by atoms with van der Waals surface area (Å²) in [7, 11) is -0.916. The molecule has 2 saturated heterocycles. The predicted octanol–water partition coefficient (Wildman–Crippen LogP) is 2.23. The van der Waals surface area contributed by atoms with Gasteiger partial charge in [-0.15, -0.1) is 12.4 Å².